The summed E-state index contributed by atoms with van der Waals surface area (Å²) < 4.78 is 14.3. The average Bonchev–Trinajstić information content (AvgIpc) is 2.77. The number of rotatable bonds is 2. The van der Waals surface area contributed by atoms with Crippen molar-refractivity contribution >= 4 is 33.6 Å². The molecule has 0 aliphatic carbocycles. The molecule has 96 valence electrons. The first-order valence-corrected chi connectivity index (χ1v) is 7.13. The zero-order valence-electron chi connectivity index (χ0n) is 10.1. The summed E-state index contributed by atoms with van der Waals surface area (Å²) in [5.74, 6) is 0. The van der Waals surface area contributed by atoms with Gasteiger partial charge in [-0.15, -0.1) is 0 Å². The molecule has 3 aromatic rings. The quantitative estimate of drug-likeness (QED) is 0.682. The molecule has 19 heavy (non-hydrogen) atoms. The molecule has 0 radical (unpaired) electrons. The molecule has 0 aliphatic rings. The summed E-state index contributed by atoms with van der Waals surface area (Å²) in [5.41, 5.74) is 1.42. The topological polar surface area (TPSA) is 47.8 Å². The number of hydrogen-bond donors (Lipinski definition) is 0. The molecule has 2 aromatic heterocycles. The van der Waals surface area contributed by atoms with Crippen LogP contribution in [-0.4, -0.2) is 18.1 Å². The minimum atomic E-state index is -1.34. The van der Waals surface area contributed by atoms with Gasteiger partial charge < -0.3 is 0 Å². The lowest BCUT2D eigenvalue weighted by Crippen LogP contribution is -2.07. The molecule has 0 amide bonds. The maximum atomic E-state index is 12.6. The minimum absolute atomic E-state index is 0.372. The SMILES string of the molecule is Cc1cc2c(Cl)ncnc2n1S(=O)c1ccccc1. The van der Waals surface area contributed by atoms with Crippen molar-refractivity contribution in [3.63, 3.8) is 0 Å². The molecule has 0 aliphatic heterocycles. The van der Waals surface area contributed by atoms with Gasteiger partial charge in [-0.1, -0.05) is 29.8 Å². The van der Waals surface area contributed by atoms with Crippen molar-refractivity contribution in [3.05, 3.63) is 53.6 Å². The maximum absolute atomic E-state index is 12.6. The van der Waals surface area contributed by atoms with Crippen LogP contribution in [0.2, 0.25) is 5.15 Å². The molecule has 1 unspecified atom stereocenters. The fourth-order valence-corrected chi connectivity index (χ4v) is 3.34. The second-order valence-corrected chi connectivity index (χ2v) is 5.74. The van der Waals surface area contributed by atoms with E-state index >= 15 is 0 Å². The molecule has 0 saturated carbocycles. The molecule has 0 bridgehead atoms. The second-order valence-electron chi connectivity index (χ2n) is 4.04. The van der Waals surface area contributed by atoms with Crippen molar-refractivity contribution in [2.45, 2.75) is 11.8 Å². The van der Waals surface area contributed by atoms with E-state index in [1.54, 1.807) is 3.97 Å². The van der Waals surface area contributed by atoms with Gasteiger partial charge in [0.05, 0.1) is 10.3 Å². The van der Waals surface area contributed by atoms with Crippen LogP contribution in [-0.2, 0) is 11.0 Å². The predicted octanol–water partition coefficient (Wildman–Crippen LogP) is 2.96. The van der Waals surface area contributed by atoms with Gasteiger partial charge >= 0.3 is 0 Å². The highest BCUT2D eigenvalue weighted by Gasteiger charge is 2.16. The van der Waals surface area contributed by atoms with E-state index in [1.165, 1.54) is 6.33 Å². The highest BCUT2D eigenvalue weighted by molar-refractivity contribution is 7.83. The molecule has 0 fully saturated rings. The van der Waals surface area contributed by atoms with E-state index in [9.17, 15) is 4.21 Å². The van der Waals surface area contributed by atoms with Crippen LogP contribution < -0.4 is 0 Å². The van der Waals surface area contributed by atoms with Gasteiger partial charge in [-0.3, -0.25) is 0 Å². The normalized spacial score (nSPS) is 12.7. The number of aromatic nitrogens is 3. The van der Waals surface area contributed by atoms with Crippen LogP contribution in [0.25, 0.3) is 11.0 Å². The molecule has 0 saturated heterocycles. The summed E-state index contributed by atoms with van der Waals surface area (Å²) in [6, 6.07) is 11.1. The van der Waals surface area contributed by atoms with E-state index < -0.39 is 11.0 Å². The first kappa shape index (κ1) is 12.3. The van der Waals surface area contributed by atoms with E-state index in [-0.39, 0.29) is 0 Å². The van der Waals surface area contributed by atoms with Gasteiger partial charge in [0.1, 0.15) is 11.5 Å². The van der Waals surface area contributed by atoms with Crippen molar-refractivity contribution in [2.75, 3.05) is 0 Å². The molecule has 3 rings (SSSR count). The van der Waals surface area contributed by atoms with Crippen molar-refractivity contribution in [1.82, 2.24) is 13.9 Å². The Kier molecular flexibility index (Phi) is 3.08. The van der Waals surface area contributed by atoms with Gasteiger partial charge in [-0.25, -0.2) is 18.1 Å². The van der Waals surface area contributed by atoms with Crippen LogP contribution in [0, 0.1) is 6.92 Å². The lowest BCUT2D eigenvalue weighted by atomic mass is 10.4. The Morgan fingerprint density at radius 2 is 1.95 bits per heavy atom. The summed E-state index contributed by atoms with van der Waals surface area (Å²) in [5, 5.41) is 1.09. The van der Waals surface area contributed by atoms with Crippen LogP contribution >= 0.6 is 11.6 Å². The largest absolute Gasteiger partial charge is 0.243 e. The van der Waals surface area contributed by atoms with Crippen LogP contribution in [0.5, 0.6) is 0 Å². The van der Waals surface area contributed by atoms with E-state index in [2.05, 4.69) is 9.97 Å². The minimum Gasteiger partial charge on any atom is -0.243 e. The van der Waals surface area contributed by atoms with E-state index in [0.717, 1.165) is 10.6 Å². The molecule has 1 aromatic carbocycles. The fourth-order valence-electron chi connectivity index (χ4n) is 1.94. The summed E-state index contributed by atoms with van der Waals surface area (Å²) in [6.07, 6.45) is 1.38. The summed E-state index contributed by atoms with van der Waals surface area (Å²) in [6.45, 7) is 1.87. The highest BCUT2D eigenvalue weighted by atomic mass is 35.5. The molecule has 2 heterocycles. The molecular weight excluding hydrogens is 282 g/mol. The van der Waals surface area contributed by atoms with Crippen molar-refractivity contribution in [2.24, 2.45) is 0 Å². The van der Waals surface area contributed by atoms with Crippen LogP contribution in [0.3, 0.4) is 0 Å². The molecular formula is C13H10ClN3OS. The Labute approximate surface area is 117 Å². The van der Waals surface area contributed by atoms with E-state index in [1.807, 2.05) is 43.3 Å². The van der Waals surface area contributed by atoms with Crippen molar-refractivity contribution < 1.29 is 4.21 Å². The van der Waals surface area contributed by atoms with Gasteiger partial charge in [0, 0.05) is 5.69 Å². The zero-order valence-corrected chi connectivity index (χ0v) is 11.6. The zero-order chi connectivity index (χ0) is 13.4. The van der Waals surface area contributed by atoms with Gasteiger partial charge in [0.2, 0.25) is 0 Å². The summed E-state index contributed by atoms with van der Waals surface area (Å²) in [4.78, 5) is 8.84. The van der Waals surface area contributed by atoms with Crippen LogP contribution in [0.15, 0.2) is 47.6 Å². The van der Waals surface area contributed by atoms with E-state index in [4.69, 9.17) is 11.6 Å². The van der Waals surface area contributed by atoms with Gasteiger partial charge in [0.25, 0.3) is 0 Å². The number of aryl methyl sites for hydroxylation is 1. The van der Waals surface area contributed by atoms with Gasteiger partial charge in [-0.05, 0) is 25.1 Å². The lowest BCUT2D eigenvalue weighted by Gasteiger charge is -2.06. The Morgan fingerprint density at radius 3 is 2.68 bits per heavy atom. The van der Waals surface area contributed by atoms with E-state index in [0.29, 0.717) is 16.2 Å². The monoisotopic (exact) mass is 291 g/mol. The van der Waals surface area contributed by atoms with Crippen LogP contribution in [0.4, 0.5) is 0 Å². The van der Waals surface area contributed by atoms with Crippen molar-refractivity contribution in [1.29, 1.82) is 0 Å². The Bertz CT molecular complexity index is 770. The Balaban J connectivity index is 2.24. The van der Waals surface area contributed by atoms with Gasteiger partial charge in [0.15, 0.2) is 16.6 Å². The highest BCUT2D eigenvalue weighted by Crippen LogP contribution is 2.25. The molecule has 1 atom stereocenters. The molecule has 0 N–H and O–H groups in total. The average molecular weight is 292 g/mol. The predicted molar refractivity (Wildman–Crippen MR) is 75.5 cm³/mol. The smallest absolute Gasteiger partial charge is 0.158 e. The molecule has 4 nitrogen and oxygen atoms in total. The van der Waals surface area contributed by atoms with Gasteiger partial charge in [-0.2, -0.15) is 0 Å². The number of hydrogen-bond acceptors (Lipinski definition) is 3. The number of halogens is 1. The standard InChI is InChI=1S/C13H10ClN3OS/c1-9-7-11-12(14)15-8-16-13(11)17(9)19(18)10-5-3-2-4-6-10/h2-8H,1H3. The third kappa shape index (κ3) is 2.05. The van der Waals surface area contributed by atoms with Crippen LogP contribution in [0.1, 0.15) is 5.69 Å². The molecule has 0 spiro atoms. The third-order valence-electron chi connectivity index (χ3n) is 2.79. The number of nitrogens with zero attached hydrogens (tertiary/aromatic N) is 3. The first-order chi connectivity index (χ1) is 9.18. The Morgan fingerprint density at radius 1 is 1.21 bits per heavy atom. The number of fused-ring (bicyclic) bond motifs is 1. The first-order valence-electron chi connectivity index (χ1n) is 5.64. The number of benzene rings is 1. The lowest BCUT2D eigenvalue weighted by molar-refractivity contribution is 0.677. The summed E-state index contributed by atoms with van der Waals surface area (Å²) in [7, 11) is -1.34. The Hall–Kier alpha value is -1.72. The maximum Gasteiger partial charge on any atom is 0.158 e. The third-order valence-corrected chi connectivity index (χ3v) is 4.56. The second kappa shape index (κ2) is 4.75. The summed E-state index contributed by atoms with van der Waals surface area (Å²) >= 11 is 6.03. The molecule has 6 heteroatoms. The van der Waals surface area contributed by atoms with Crippen molar-refractivity contribution in [3.8, 4) is 0 Å². The fraction of sp³-hybridized carbons (Fsp3) is 0.0769.